The molecule has 0 saturated heterocycles. The van der Waals surface area contributed by atoms with Crippen molar-refractivity contribution in [2.45, 2.75) is 6.92 Å². The number of hydrogen-bond acceptors (Lipinski definition) is 4. The standard InChI is InChI=1S/C28H24N2O4/c1-20-7-5-6-10-26(20)30-28(32)21-11-15-23(16-12-21)33-19-27(31)29-22-13-17-25(18-14-22)34-24-8-3-2-4-9-24/h2-18H,19H2,1H3,(H,29,31)(H,30,32). The third-order valence-electron chi connectivity index (χ3n) is 5.00. The van der Waals surface area contributed by atoms with Crippen LogP contribution in [0.4, 0.5) is 11.4 Å². The molecule has 0 aliphatic heterocycles. The normalized spacial score (nSPS) is 10.3. The van der Waals surface area contributed by atoms with Gasteiger partial charge in [0.1, 0.15) is 17.2 Å². The van der Waals surface area contributed by atoms with Crippen molar-refractivity contribution in [1.29, 1.82) is 0 Å². The van der Waals surface area contributed by atoms with E-state index in [9.17, 15) is 9.59 Å². The first-order valence-electron chi connectivity index (χ1n) is 10.8. The summed E-state index contributed by atoms with van der Waals surface area (Å²) < 4.78 is 11.3. The summed E-state index contributed by atoms with van der Waals surface area (Å²) in [6, 6.07) is 30.8. The van der Waals surface area contributed by atoms with Gasteiger partial charge in [-0.15, -0.1) is 0 Å². The fourth-order valence-electron chi connectivity index (χ4n) is 3.19. The number of benzene rings is 4. The predicted octanol–water partition coefficient (Wildman–Crippen LogP) is 6.06. The highest BCUT2D eigenvalue weighted by molar-refractivity contribution is 6.04. The van der Waals surface area contributed by atoms with Crippen LogP contribution in [0.1, 0.15) is 15.9 Å². The Labute approximate surface area is 198 Å². The van der Waals surface area contributed by atoms with E-state index >= 15 is 0 Å². The van der Waals surface area contributed by atoms with Crippen LogP contribution in [0.2, 0.25) is 0 Å². The fourth-order valence-corrected chi connectivity index (χ4v) is 3.19. The SMILES string of the molecule is Cc1ccccc1NC(=O)c1ccc(OCC(=O)Nc2ccc(Oc3ccccc3)cc2)cc1. The van der Waals surface area contributed by atoms with Crippen molar-refractivity contribution in [2.24, 2.45) is 0 Å². The smallest absolute Gasteiger partial charge is 0.262 e. The molecule has 0 bridgehead atoms. The van der Waals surface area contributed by atoms with Crippen molar-refractivity contribution in [3.05, 3.63) is 114 Å². The summed E-state index contributed by atoms with van der Waals surface area (Å²) in [5.41, 5.74) is 2.89. The number of amides is 2. The third kappa shape index (κ3) is 6.23. The van der Waals surface area contributed by atoms with Crippen molar-refractivity contribution < 1.29 is 19.1 Å². The Balaban J connectivity index is 1.25. The van der Waals surface area contributed by atoms with E-state index in [4.69, 9.17) is 9.47 Å². The number of rotatable bonds is 8. The molecule has 0 aliphatic rings. The van der Waals surface area contributed by atoms with Gasteiger partial charge in [0.2, 0.25) is 0 Å². The van der Waals surface area contributed by atoms with E-state index in [1.165, 1.54) is 0 Å². The predicted molar refractivity (Wildman–Crippen MR) is 133 cm³/mol. The van der Waals surface area contributed by atoms with Gasteiger partial charge < -0.3 is 20.1 Å². The van der Waals surface area contributed by atoms with Crippen LogP contribution in [0.3, 0.4) is 0 Å². The number of nitrogens with one attached hydrogen (secondary N) is 2. The number of aryl methyl sites for hydroxylation is 1. The number of anilines is 2. The second kappa shape index (κ2) is 10.8. The molecule has 6 nitrogen and oxygen atoms in total. The highest BCUT2D eigenvalue weighted by Gasteiger charge is 2.09. The van der Waals surface area contributed by atoms with Crippen molar-refractivity contribution >= 4 is 23.2 Å². The maximum absolute atomic E-state index is 12.4. The van der Waals surface area contributed by atoms with Gasteiger partial charge in [0, 0.05) is 16.9 Å². The topological polar surface area (TPSA) is 76.7 Å². The lowest BCUT2D eigenvalue weighted by Crippen LogP contribution is -2.20. The molecule has 0 fully saturated rings. The lowest BCUT2D eigenvalue weighted by atomic mass is 10.1. The van der Waals surface area contributed by atoms with E-state index < -0.39 is 0 Å². The highest BCUT2D eigenvalue weighted by atomic mass is 16.5. The molecule has 0 saturated carbocycles. The Morgan fingerprint density at radius 2 is 1.29 bits per heavy atom. The van der Waals surface area contributed by atoms with E-state index in [-0.39, 0.29) is 18.4 Å². The second-order valence-electron chi connectivity index (χ2n) is 7.57. The molecule has 4 aromatic rings. The van der Waals surface area contributed by atoms with Gasteiger partial charge in [0.25, 0.3) is 11.8 Å². The molecular weight excluding hydrogens is 428 g/mol. The number of carbonyl (C=O) groups excluding carboxylic acids is 2. The maximum atomic E-state index is 12.4. The second-order valence-corrected chi connectivity index (χ2v) is 7.57. The molecule has 4 rings (SSSR count). The molecule has 0 spiro atoms. The van der Waals surface area contributed by atoms with Crippen LogP contribution in [0.5, 0.6) is 17.2 Å². The Morgan fingerprint density at radius 3 is 2.00 bits per heavy atom. The van der Waals surface area contributed by atoms with E-state index in [1.54, 1.807) is 48.5 Å². The van der Waals surface area contributed by atoms with Crippen LogP contribution in [0.15, 0.2) is 103 Å². The van der Waals surface area contributed by atoms with Crippen LogP contribution in [-0.4, -0.2) is 18.4 Å². The van der Waals surface area contributed by atoms with E-state index in [0.29, 0.717) is 22.7 Å². The summed E-state index contributed by atoms with van der Waals surface area (Å²) in [6.45, 7) is 1.78. The molecule has 6 heteroatoms. The van der Waals surface area contributed by atoms with Crippen molar-refractivity contribution in [3.63, 3.8) is 0 Å². The minimum absolute atomic E-state index is 0.156. The number of hydrogen-bond donors (Lipinski definition) is 2. The summed E-state index contributed by atoms with van der Waals surface area (Å²) in [5, 5.41) is 5.67. The van der Waals surface area contributed by atoms with E-state index in [0.717, 1.165) is 17.0 Å². The molecule has 0 aliphatic carbocycles. The Bertz CT molecular complexity index is 1250. The number of para-hydroxylation sites is 2. The van der Waals surface area contributed by atoms with Crippen LogP contribution in [0, 0.1) is 6.92 Å². The van der Waals surface area contributed by atoms with Gasteiger partial charge in [-0.25, -0.2) is 0 Å². The Hall–Kier alpha value is -4.58. The van der Waals surface area contributed by atoms with Crippen LogP contribution >= 0.6 is 0 Å². The molecule has 34 heavy (non-hydrogen) atoms. The Kier molecular flexibility index (Phi) is 7.20. The van der Waals surface area contributed by atoms with Crippen molar-refractivity contribution in [1.82, 2.24) is 0 Å². The summed E-state index contributed by atoms with van der Waals surface area (Å²) in [7, 11) is 0. The molecule has 0 unspecified atom stereocenters. The Morgan fingerprint density at radius 1 is 0.676 bits per heavy atom. The minimum Gasteiger partial charge on any atom is -0.484 e. The molecule has 2 amide bonds. The molecule has 4 aromatic carbocycles. The van der Waals surface area contributed by atoms with Gasteiger partial charge in [0.15, 0.2) is 6.61 Å². The molecule has 0 aromatic heterocycles. The average Bonchev–Trinajstić information content (AvgIpc) is 2.86. The van der Waals surface area contributed by atoms with E-state index in [1.807, 2.05) is 61.5 Å². The van der Waals surface area contributed by atoms with Gasteiger partial charge in [0.05, 0.1) is 0 Å². The fraction of sp³-hybridized carbons (Fsp3) is 0.0714. The van der Waals surface area contributed by atoms with Crippen molar-refractivity contribution in [2.75, 3.05) is 17.2 Å². The summed E-state index contributed by atoms with van der Waals surface area (Å²) >= 11 is 0. The van der Waals surface area contributed by atoms with E-state index in [2.05, 4.69) is 10.6 Å². The average molecular weight is 453 g/mol. The lowest BCUT2D eigenvalue weighted by molar-refractivity contribution is -0.118. The molecule has 0 heterocycles. The molecule has 170 valence electrons. The van der Waals surface area contributed by atoms with Gasteiger partial charge in [-0.2, -0.15) is 0 Å². The number of ether oxygens (including phenoxy) is 2. The summed E-state index contributed by atoms with van der Waals surface area (Å²) in [5.74, 6) is 1.41. The highest BCUT2D eigenvalue weighted by Crippen LogP contribution is 2.23. The summed E-state index contributed by atoms with van der Waals surface area (Å²) in [4.78, 5) is 24.7. The van der Waals surface area contributed by atoms with Gasteiger partial charge in [-0.1, -0.05) is 36.4 Å². The molecule has 0 atom stereocenters. The third-order valence-corrected chi connectivity index (χ3v) is 5.00. The molecule has 0 radical (unpaired) electrons. The molecule has 2 N–H and O–H groups in total. The first-order chi connectivity index (χ1) is 16.6. The lowest BCUT2D eigenvalue weighted by Gasteiger charge is -2.10. The zero-order valence-electron chi connectivity index (χ0n) is 18.7. The van der Waals surface area contributed by atoms with Gasteiger partial charge in [-0.05, 0) is 79.2 Å². The largest absolute Gasteiger partial charge is 0.484 e. The summed E-state index contributed by atoms with van der Waals surface area (Å²) in [6.07, 6.45) is 0. The van der Waals surface area contributed by atoms with Crippen LogP contribution in [0.25, 0.3) is 0 Å². The minimum atomic E-state index is -0.293. The maximum Gasteiger partial charge on any atom is 0.262 e. The number of carbonyl (C=O) groups is 2. The first kappa shape index (κ1) is 22.6. The van der Waals surface area contributed by atoms with Crippen LogP contribution < -0.4 is 20.1 Å². The molecular formula is C28H24N2O4. The first-order valence-corrected chi connectivity index (χ1v) is 10.8. The zero-order chi connectivity index (χ0) is 23.8. The van der Waals surface area contributed by atoms with Crippen LogP contribution in [-0.2, 0) is 4.79 Å². The quantitative estimate of drug-likeness (QED) is 0.341. The monoisotopic (exact) mass is 452 g/mol. The van der Waals surface area contributed by atoms with Gasteiger partial charge >= 0.3 is 0 Å². The van der Waals surface area contributed by atoms with Crippen molar-refractivity contribution in [3.8, 4) is 17.2 Å². The zero-order valence-corrected chi connectivity index (χ0v) is 18.7. The van der Waals surface area contributed by atoms with Gasteiger partial charge in [-0.3, -0.25) is 9.59 Å².